The average molecular weight is 599 g/mol. The number of carbonyl (C=O) groups is 7. The van der Waals surface area contributed by atoms with Gasteiger partial charge in [-0.1, -0.05) is 18.2 Å². The number of imide groups is 2. The summed E-state index contributed by atoms with van der Waals surface area (Å²) in [6.07, 6.45) is -0.0197. The molecule has 0 aromatic heterocycles. The van der Waals surface area contributed by atoms with Crippen LogP contribution >= 0.6 is 0 Å². The summed E-state index contributed by atoms with van der Waals surface area (Å²) in [5.74, 6) is -4.37. The van der Waals surface area contributed by atoms with Gasteiger partial charge in [-0.2, -0.15) is 0 Å². The van der Waals surface area contributed by atoms with Gasteiger partial charge in [0, 0.05) is 17.7 Å². The van der Waals surface area contributed by atoms with E-state index >= 15 is 0 Å². The van der Waals surface area contributed by atoms with Crippen molar-refractivity contribution in [1.29, 1.82) is 0 Å². The Morgan fingerprint density at radius 2 is 1.64 bits per heavy atom. The van der Waals surface area contributed by atoms with Crippen LogP contribution in [0, 0.1) is 0 Å². The zero-order valence-electron chi connectivity index (χ0n) is 23.0. The van der Waals surface area contributed by atoms with Crippen LogP contribution < -0.4 is 31.7 Å². The molecule has 14 nitrogen and oxygen atoms in total. The quantitative estimate of drug-likeness (QED) is 0.176. The highest BCUT2D eigenvalue weighted by Gasteiger charge is 2.46. The Morgan fingerprint density at radius 1 is 0.886 bits per heavy atom. The highest BCUT2D eigenvalue weighted by molar-refractivity contribution is 6.24. The lowest BCUT2D eigenvalue weighted by atomic mass is 10.0. The first-order chi connectivity index (χ1) is 21.1. The molecule has 2 aliphatic rings. The zero-order chi connectivity index (χ0) is 31.4. The Morgan fingerprint density at radius 3 is 2.36 bits per heavy atom. The molecule has 2 heterocycles. The number of nitrogens with zero attached hydrogens (tertiary/aromatic N) is 1. The van der Waals surface area contributed by atoms with Crippen LogP contribution in [0.5, 0.6) is 5.75 Å². The number of nitrogen functional groups attached to an aromatic ring is 1. The highest BCUT2D eigenvalue weighted by atomic mass is 16.5. The third-order valence-electron chi connectivity index (χ3n) is 6.87. The smallest absolute Gasteiger partial charge is 0.266 e. The van der Waals surface area contributed by atoms with Gasteiger partial charge in [0.2, 0.25) is 17.7 Å². The Balaban J connectivity index is 1.11. The number of rotatable bonds is 9. The van der Waals surface area contributed by atoms with Gasteiger partial charge >= 0.3 is 0 Å². The molecular formula is C30H26N6O8. The highest BCUT2D eigenvalue weighted by Crippen LogP contribution is 2.33. The molecule has 0 saturated carbocycles. The van der Waals surface area contributed by atoms with Gasteiger partial charge in [-0.15, -0.1) is 0 Å². The summed E-state index contributed by atoms with van der Waals surface area (Å²) in [5, 5.41) is 9.82. The molecule has 1 unspecified atom stereocenters. The molecule has 0 radical (unpaired) electrons. The number of fused-ring (bicyclic) bond motifs is 1. The minimum Gasteiger partial charge on any atom is -0.483 e. The van der Waals surface area contributed by atoms with Gasteiger partial charge in [-0.05, 0) is 55.0 Å². The third-order valence-corrected chi connectivity index (χ3v) is 6.87. The van der Waals surface area contributed by atoms with Crippen LogP contribution in [-0.4, -0.2) is 65.4 Å². The molecule has 6 N–H and O–H groups in total. The summed E-state index contributed by atoms with van der Waals surface area (Å²) in [4.78, 5) is 87.8. The maximum absolute atomic E-state index is 13.1. The van der Waals surface area contributed by atoms with E-state index in [9.17, 15) is 33.6 Å². The number of piperidine rings is 1. The maximum atomic E-state index is 13.1. The Bertz CT molecular complexity index is 1700. The molecule has 3 aromatic carbocycles. The SMILES string of the molecule is Nc1ccccc1NC(=O)c1ccc(NC(=O)CNC(=O)COc2cccc3c2C(=O)N(C2CCC(=O)NC2=O)C3=O)cc1. The van der Waals surface area contributed by atoms with E-state index in [0.717, 1.165) is 4.90 Å². The Labute approximate surface area is 249 Å². The van der Waals surface area contributed by atoms with Crippen LogP contribution in [0.1, 0.15) is 43.9 Å². The second-order valence-corrected chi connectivity index (χ2v) is 9.86. The molecule has 7 amide bonds. The normalized spacial score (nSPS) is 15.7. The number of carbonyl (C=O) groups excluding carboxylic acids is 7. The van der Waals surface area contributed by atoms with Crippen molar-refractivity contribution in [3.8, 4) is 5.75 Å². The third kappa shape index (κ3) is 6.23. The fourth-order valence-corrected chi connectivity index (χ4v) is 4.69. The van der Waals surface area contributed by atoms with Crippen molar-refractivity contribution in [2.75, 3.05) is 29.5 Å². The van der Waals surface area contributed by atoms with E-state index in [0.29, 0.717) is 22.6 Å². The molecule has 1 saturated heterocycles. The van der Waals surface area contributed by atoms with Crippen molar-refractivity contribution in [3.05, 3.63) is 83.4 Å². The Kier molecular flexibility index (Phi) is 8.33. The molecular weight excluding hydrogens is 572 g/mol. The summed E-state index contributed by atoms with van der Waals surface area (Å²) in [7, 11) is 0. The Hall–Kier alpha value is -6.05. The van der Waals surface area contributed by atoms with Crippen molar-refractivity contribution in [2.24, 2.45) is 0 Å². The number of para-hydroxylation sites is 2. The van der Waals surface area contributed by atoms with E-state index in [4.69, 9.17) is 10.5 Å². The first kappa shape index (κ1) is 29.4. The van der Waals surface area contributed by atoms with E-state index in [-0.39, 0.29) is 35.6 Å². The molecule has 0 spiro atoms. The number of nitrogens with two attached hydrogens (primary N) is 1. The standard InChI is InChI=1S/C30H26N6O8/c31-19-5-1-2-6-20(19)34-27(40)16-8-10-17(11-9-16)33-24(38)14-32-25(39)15-44-22-7-3-4-18-26(22)30(43)36(29(18)42)21-12-13-23(37)35-28(21)41/h1-11,21H,12-15,31H2,(H,32,39)(H,33,38)(H,34,40)(H,35,37,41). The summed E-state index contributed by atoms with van der Waals surface area (Å²) in [6.45, 7) is -0.968. The molecule has 44 heavy (non-hydrogen) atoms. The molecule has 3 aromatic rings. The largest absolute Gasteiger partial charge is 0.483 e. The number of ether oxygens (including phenoxy) is 1. The molecule has 0 bridgehead atoms. The number of anilines is 3. The van der Waals surface area contributed by atoms with Gasteiger partial charge in [0.25, 0.3) is 23.6 Å². The zero-order valence-corrected chi connectivity index (χ0v) is 23.0. The predicted molar refractivity (Wildman–Crippen MR) is 155 cm³/mol. The molecule has 2 aliphatic heterocycles. The number of hydrogen-bond donors (Lipinski definition) is 5. The van der Waals surface area contributed by atoms with Gasteiger partial charge in [-0.3, -0.25) is 43.8 Å². The van der Waals surface area contributed by atoms with Gasteiger partial charge in [-0.25, -0.2) is 0 Å². The molecule has 14 heteroatoms. The van der Waals surface area contributed by atoms with E-state index in [1.165, 1.54) is 42.5 Å². The van der Waals surface area contributed by atoms with Gasteiger partial charge < -0.3 is 26.4 Å². The summed E-state index contributed by atoms with van der Waals surface area (Å²) >= 11 is 0. The van der Waals surface area contributed by atoms with E-state index < -0.39 is 54.6 Å². The van der Waals surface area contributed by atoms with Crippen LogP contribution in [0.4, 0.5) is 17.1 Å². The lowest BCUT2D eigenvalue weighted by Crippen LogP contribution is -2.54. The van der Waals surface area contributed by atoms with Crippen LogP contribution in [0.25, 0.3) is 0 Å². The molecule has 0 aliphatic carbocycles. The minimum atomic E-state index is -1.14. The van der Waals surface area contributed by atoms with Gasteiger partial charge in [0.15, 0.2) is 6.61 Å². The van der Waals surface area contributed by atoms with Crippen LogP contribution in [0.2, 0.25) is 0 Å². The fraction of sp³-hybridized carbons (Fsp3) is 0.167. The number of benzene rings is 3. The lowest BCUT2D eigenvalue weighted by Gasteiger charge is -2.27. The second kappa shape index (κ2) is 12.4. The van der Waals surface area contributed by atoms with E-state index in [1.54, 1.807) is 24.3 Å². The summed E-state index contributed by atoms with van der Waals surface area (Å²) < 4.78 is 5.50. The minimum absolute atomic E-state index is 0.0000852. The van der Waals surface area contributed by atoms with Crippen molar-refractivity contribution < 1.29 is 38.3 Å². The van der Waals surface area contributed by atoms with Crippen molar-refractivity contribution >= 4 is 58.4 Å². The van der Waals surface area contributed by atoms with Crippen LogP contribution in [0.3, 0.4) is 0 Å². The summed E-state index contributed by atoms with van der Waals surface area (Å²) in [6, 6.07) is 16.0. The monoisotopic (exact) mass is 598 g/mol. The lowest BCUT2D eigenvalue weighted by molar-refractivity contribution is -0.136. The van der Waals surface area contributed by atoms with Gasteiger partial charge in [0.1, 0.15) is 11.8 Å². The maximum Gasteiger partial charge on any atom is 0.266 e. The van der Waals surface area contributed by atoms with Crippen LogP contribution in [0.15, 0.2) is 66.7 Å². The summed E-state index contributed by atoms with van der Waals surface area (Å²) in [5.41, 5.74) is 7.37. The number of amides is 7. The number of hydrogen-bond acceptors (Lipinski definition) is 9. The molecule has 1 atom stereocenters. The predicted octanol–water partition coefficient (Wildman–Crippen LogP) is 1.06. The first-order valence-electron chi connectivity index (χ1n) is 13.4. The second-order valence-electron chi connectivity index (χ2n) is 9.86. The molecule has 5 rings (SSSR count). The molecule has 224 valence electrons. The van der Waals surface area contributed by atoms with Crippen molar-refractivity contribution in [1.82, 2.24) is 15.5 Å². The van der Waals surface area contributed by atoms with Crippen molar-refractivity contribution in [2.45, 2.75) is 18.9 Å². The topological polar surface area (TPSA) is 206 Å². The molecule has 1 fully saturated rings. The van der Waals surface area contributed by atoms with Gasteiger partial charge in [0.05, 0.1) is 29.0 Å². The van der Waals surface area contributed by atoms with E-state index in [2.05, 4.69) is 21.3 Å². The van der Waals surface area contributed by atoms with Crippen molar-refractivity contribution in [3.63, 3.8) is 0 Å². The average Bonchev–Trinajstić information content (AvgIpc) is 3.26. The first-order valence-corrected chi connectivity index (χ1v) is 13.4. The van der Waals surface area contributed by atoms with E-state index in [1.807, 2.05) is 0 Å². The fourth-order valence-electron chi connectivity index (χ4n) is 4.69. The van der Waals surface area contributed by atoms with Crippen LogP contribution in [-0.2, 0) is 19.2 Å². The number of nitrogens with one attached hydrogen (secondary N) is 4.